The summed E-state index contributed by atoms with van der Waals surface area (Å²) in [5.41, 5.74) is 1.55. The highest BCUT2D eigenvalue weighted by atomic mass is 16.5. The molecule has 1 rings (SSSR count). The number of hydrogen-bond acceptors (Lipinski definition) is 2. The second kappa shape index (κ2) is 5.28. The summed E-state index contributed by atoms with van der Waals surface area (Å²) in [5.74, 6) is 1.64. The van der Waals surface area contributed by atoms with Gasteiger partial charge >= 0.3 is 0 Å². The van der Waals surface area contributed by atoms with Crippen LogP contribution in [0, 0.1) is 0 Å². The minimum Gasteiger partial charge on any atom is -0.488 e. The van der Waals surface area contributed by atoms with Crippen LogP contribution in [0.5, 0.6) is 11.5 Å². The van der Waals surface area contributed by atoms with Gasteiger partial charge in [0, 0.05) is 11.6 Å². The summed E-state index contributed by atoms with van der Waals surface area (Å²) < 4.78 is 11.9. The summed E-state index contributed by atoms with van der Waals surface area (Å²) in [4.78, 5) is 0. The fourth-order valence-electron chi connectivity index (χ4n) is 1.69. The summed E-state index contributed by atoms with van der Waals surface area (Å²) in [6.07, 6.45) is 0. The highest BCUT2D eigenvalue weighted by molar-refractivity contribution is 5.68. The van der Waals surface area contributed by atoms with Gasteiger partial charge in [-0.2, -0.15) is 0 Å². The molecule has 2 heteroatoms. The summed E-state index contributed by atoms with van der Waals surface area (Å²) in [6.45, 7) is 18.2. The van der Waals surface area contributed by atoms with Gasteiger partial charge in [-0.05, 0) is 66.2 Å². The fourth-order valence-corrected chi connectivity index (χ4v) is 1.69. The minimum absolute atomic E-state index is 0.219. The topological polar surface area (TPSA) is 18.5 Å². The first kappa shape index (κ1) is 15.6. The monoisotopic (exact) mass is 262 g/mol. The van der Waals surface area contributed by atoms with Crippen LogP contribution in [0.15, 0.2) is 24.8 Å². The second-order valence-corrected chi connectivity index (χ2v) is 6.87. The van der Waals surface area contributed by atoms with Crippen molar-refractivity contribution in [2.45, 2.75) is 59.7 Å². The number of benzene rings is 1. The highest BCUT2D eigenvalue weighted by Crippen LogP contribution is 2.33. The number of allylic oxidation sites excluding steroid dienone is 1. The van der Waals surface area contributed by atoms with E-state index in [1.807, 2.05) is 66.7 Å². The molecule has 0 saturated heterocycles. The Hall–Kier alpha value is -1.44. The van der Waals surface area contributed by atoms with Crippen molar-refractivity contribution in [3.8, 4) is 11.5 Å². The van der Waals surface area contributed by atoms with E-state index in [0.29, 0.717) is 0 Å². The quantitative estimate of drug-likeness (QED) is 0.756. The van der Waals surface area contributed by atoms with E-state index in [9.17, 15) is 0 Å². The number of hydrogen-bond donors (Lipinski definition) is 0. The first-order valence-corrected chi connectivity index (χ1v) is 6.66. The molecule has 0 radical (unpaired) electrons. The van der Waals surface area contributed by atoms with Gasteiger partial charge in [0.05, 0.1) is 0 Å². The van der Waals surface area contributed by atoms with E-state index in [4.69, 9.17) is 9.47 Å². The maximum Gasteiger partial charge on any atom is 0.131 e. The van der Waals surface area contributed by atoms with Crippen LogP contribution in [0.4, 0.5) is 0 Å². The molecule has 0 aliphatic heterocycles. The Morgan fingerprint density at radius 3 is 1.89 bits per heavy atom. The van der Waals surface area contributed by atoms with Crippen molar-refractivity contribution in [3.63, 3.8) is 0 Å². The van der Waals surface area contributed by atoms with Crippen LogP contribution in [0.3, 0.4) is 0 Å². The van der Waals surface area contributed by atoms with Crippen molar-refractivity contribution in [2.24, 2.45) is 0 Å². The van der Waals surface area contributed by atoms with Crippen molar-refractivity contribution >= 4 is 5.57 Å². The Morgan fingerprint density at radius 1 is 0.947 bits per heavy atom. The molecule has 0 spiro atoms. The average Bonchev–Trinajstić information content (AvgIpc) is 2.11. The normalized spacial score (nSPS) is 12.2. The Morgan fingerprint density at radius 2 is 1.47 bits per heavy atom. The van der Waals surface area contributed by atoms with E-state index in [1.165, 1.54) is 0 Å². The van der Waals surface area contributed by atoms with Gasteiger partial charge in [-0.25, -0.2) is 0 Å². The van der Waals surface area contributed by atoms with Gasteiger partial charge in [-0.15, -0.1) is 0 Å². The minimum atomic E-state index is -0.245. The average molecular weight is 262 g/mol. The SMILES string of the molecule is C=C(C)c1ccc(OC(C)(C)C)cc1OC(C)(C)C. The summed E-state index contributed by atoms with van der Waals surface area (Å²) in [7, 11) is 0. The first-order chi connectivity index (χ1) is 8.48. The molecule has 0 aliphatic rings. The molecule has 106 valence electrons. The molecule has 0 aliphatic carbocycles. The van der Waals surface area contributed by atoms with E-state index in [1.54, 1.807) is 0 Å². The first-order valence-electron chi connectivity index (χ1n) is 6.66. The number of rotatable bonds is 3. The molecule has 0 saturated carbocycles. The number of ether oxygens (including phenoxy) is 2. The third-order valence-corrected chi connectivity index (χ3v) is 2.25. The van der Waals surface area contributed by atoms with Crippen LogP contribution in [-0.4, -0.2) is 11.2 Å². The van der Waals surface area contributed by atoms with Gasteiger partial charge in [-0.3, -0.25) is 0 Å². The third-order valence-electron chi connectivity index (χ3n) is 2.25. The van der Waals surface area contributed by atoms with Crippen LogP contribution in [0.25, 0.3) is 5.57 Å². The standard InChI is InChI=1S/C17H26O2/c1-12(2)14-10-9-13(18-16(3,4)5)11-15(14)19-17(6,7)8/h9-11H,1H2,2-8H3. The molecule has 19 heavy (non-hydrogen) atoms. The van der Waals surface area contributed by atoms with Crippen molar-refractivity contribution in [1.82, 2.24) is 0 Å². The molecule has 1 aromatic carbocycles. The predicted molar refractivity (Wildman–Crippen MR) is 81.9 cm³/mol. The molecule has 0 amide bonds. The van der Waals surface area contributed by atoms with Crippen molar-refractivity contribution in [3.05, 3.63) is 30.3 Å². The molecular weight excluding hydrogens is 236 g/mol. The van der Waals surface area contributed by atoms with Gasteiger partial charge in [0.25, 0.3) is 0 Å². The van der Waals surface area contributed by atoms with Crippen molar-refractivity contribution in [2.75, 3.05) is 0 Å². The zero-order valence-electron chi connectivity index (χ0n) is 13.3. The lowest BCUT2D eigenvalue weighted by Gasteiger charge is -2.26. The predicted octanol–water partition coefficient (Wildman–Crippen LogP) is 5.07. The Balaban J connectivity index is 3.15. The lowest BCUT2D eigenvalue weighted by Crippen LogP contribution is -2.24. The molecule has 2 nitrogen and oxygen atoms in total. The molecule has 0 heterocycles. The fraction of sp³-hybridized carbons (Fsp3) is 0.529. The highest BCUT2D eigenvalue weighted by Gasteiger charge is 2.18. The van der Waals surface area contributed by atoms with E-state index < -0.39 is 0 Å². The van der Waals surface area contributed by atoms with Crippen LogP contribution < -0.4 is 9.47 Å². The van der Waals surface area contributed by atoms with Crippen LogP contribution in [0.1, 0.15) is 54.0 Å². The summed E-state index contributed by atoms with van der Waals surface area (Å²) in [6, 6.07) is 5.91. The maximum atomic E-state index is 6.01. The second-order valence-electron chi connectivity index (χ2n) is 6.87. The molecule has 0 N–H and O–H groups in total. The molecular formula is C17H26O2. The van der Waals surface area contributed by atoms with Crippen LogP contribution in [0.2, 0.25) is 0 Å². The van der Waals surface area contributed by atoms with Gasteiger partial charge in [0.15, 0.2) is 0 Å². The van der Waals surface area contributed by atoms with E-state index in [2.05, 4.69) is 6.58 Å². The lowest BCUT2D eigenvalue weighted by molar-refractivity contribution is 0.121. The van der Waals surface area contributed by atoms with Crippen LogP contribution >= 0.6 is 0 Å². The van der Waals surface area contributed by atoms with E-state index >= 15 is 0 Å². The molecule has 1 aromatic rings. The van der Waals surface area contributed by atoms with Crippen LogP contribution in [-0.2, 0) is 0 Å². The summed E-state index contributed by atoms with van der Waals surface area (Å²) in [5, 5.41) is 0. The third kappa shape index (κ3) is 5.37. The lowest BCUT2D eigenvalue weighted by atomic mass is 10.1. The maximum absolute atomic E-state index is 6.01. The van der Waals surface area contributed by atoms with Gasteiger partial charge in [0.1, 0.15) is 22.7 Å². The molecule has 0 unspecified atom stereocenters. The Bertz CT molecular complexity index is 459. The largest absolute Gasteiger partial charge is 0.488 e. The zero-order chi connectivity index (χ0) is 14.8. The smallest absolute Gasteiger partial charge is 0.131 e. The van der Waals surface area contributed by atoms with Crippen molar-refractivity contribution < 1.29 is 9.47 Å². The van der Waals surface area contributed by atoms with E-state index in [0.717, 1.165) is 22.6 Å². The molecule has 0 atom stereocenters. The molecule has 0 aromatic heterocycles. The van der Waals surface area contributed by atoms with Gasteiger partial charge in [0.2, 0.25) is 0 Å². The Kier molecular flexibility index (Phi) is 4.34. The van der Waals surface area contributed by atoms with Gasteiger partial charge < -0.3 is 9.47 Å². The summed E-state index contributed by atoms with van der Waals surface area (Å²) >= 11 is 0. The van der Waals surface area contributed by atoms with E-state index in [-0.39, 0.29) is 11.2 Å². The molecule has 0 fully saturated rings. The zero-order valence-corrected chi connectivity index (χ0v) is 13.3. The molecule has 0 bridgehead atoms. The van der Waals surface area contributed by atoms with Crippen molar-refractivity contribution in [1.29, 1.82) is 0 Å². The Labute approximate surface area is 117 Å². The van der Waals surface area contributed by atoms with Gasteiger partial charge in [-0.1, -0.05) is 6.58 Å².